The van der Waals surface area contributed by atoms with Gasteiger partial charge in [0.05, 0.1) is 17.9 Å². The van der Waals surface area contributed by atoms with Gasteiger partial charge in [-0.1, -0.05) is 66.2 Å². The van der Waals surface area contributed by atoms with E-state index in [9.17, 15) is 9.59 Å². The molecule has 0 aliphatic carbocycles. The SMILES string of the molecule is Cc1ccc(C(=O)N/C(=C\c2cn(-c3ccccc3)nc2-c2ccccc2)C(=O)N2C[C@@H](C)O[C@H](C)C2)cc1. The van der Waals surface area contributed by atoms with Crippen molar-refractivity contribution in [3.05, 3.63) is 114 Å². The first-order valence-corrected chi connectivity index (χ1v) is 13.1. The first-order chi connectivity index (χ1) is 18.9. The maximum absolute atomic E-state index is 13.9. The van der Waals surface area contributed by atoms with Crippen molar-refractivity contribution in [3.63, 3.8) is 0 Å². The van der Waals surface area contributed by atoms with Crippen molar-refractivity contribution in [2.45, 2.75) is 33.0 Å². The Bertz CT molecular complexity index is 1470. The third kappa shape index (κ3) is 6.16. The molecule has 1 aromatic heterocycles. The molecule has 0 radical (unpaired) electrons. The standard InChI is InChI=1S/C32H32N4O3/c1-22-14-16-26(17-15-22)31(37)33-29(32(38)35-19-23(2)39-24(3)20-35)18-27-21-36(28-12-8-5-9-13-28)34-30(27)25-10-6-4-7-11-25/h4-18,21,23-24H,19-20H2,1-3H3,(H,33,37)/b29-18-/t23-,24-/m1/s1. The molecule has 1 N–H and O–H groups in total. The zero-order valence-corrected chi connectivity index (χ0v) is 22.4. The van der Waals surface area contributed by atoms with Crippen LogP contribution in [0.1, 0.15) is 35.3 Å². The van der Waals surface area contributed by atoms with Gasteiger partial charge in [0.25, 0.3) is 11.8 Å². The first-order valence-electron chi connectivity index (χ1n) is 13.1. The van der Waals surface area contributed by atoms with Crippen molar-refractivity contribution in [1.82, 2.24) is 20.0 Å². The molecule has 4 aromatic rings. The van der Waals surface area contributed by atoms with Gasteiger partial charge in [0.15, 0.2) is 0 Å². The molecule has 39 heavy (non-hydrogen) atoms. The molecule has 0 spiro atoms. The number of morpholine rings is 1. The van der Waals surface area contributed by atoms with Crippen molar-refractivity contribution in [2.75, 3.05) is 13.1 Å². The van der Waals surface area contributed by atoms with Crippen LogP contribution in [0.25, 0.3) is 23.0 Å². The largest absolute Gasteiger partial charge is 0.372 e. The molecular formula is C32H32N4O3. The third-order valence-corrected chi connectivity index (χ3v) is 6.61. The van der Waals surface area contributed by atoms with E-state index in [1.54, 1.807) is 27.8 Å². The Morgan fingerprint density at radius 1 is 0.897 bits per heavy atom. The van der Waals surface area contributed by atoms with E-state index < -0.39 is 0 Å². The summed E-state index contributed by atoms with van der Waals surface area (Å²) in [7, 11) is 0. The van der Waals surface area contributed by atoms with E-state index in [4.69, 9.17) is 9.84 Å². The summed E-state index contributed by atoms with van der Waals surface area (Å²) in [6.07, 6.45) is 3.40. The lowest BCUT2D eigenvalue weighted by atomic mass is 10.1. The van der Waals surface area contributed by atoms with Gasteiger partial charge < -0.3 is 15.0 Å². The summed E-state index contributed by atoms with van der Waals surface area (Å²) in [6, 6.07) is 26.9. The summed E-state index contributed by atoms with van der Waals surface area (Å²) in [4.78, 5) is 28.9. The summed E-state index contributed by atoms with van der Waals surface area (Å²) in [5, 5.41) is 7.77. The van der Waals surface area contributed by atoms with Crippen molar-refractivity contribution in [2.24, 2.45) is 0 Å². The van der Waals surface area contributed by atoms with Crippen molar-refractivity contribution < 1.29 is 14.3 Å². The summed E-state index contributed by atoms with van der Waals surface area (Å²) in [6.45, 7) is 6.74. The second-order valence-electron chi connectivity index (χ2n) is 9.92. The minimum absolute atomic E-state index is 0.104. The van der Waals surface area contributed by atoms with E-state index in [1.807, 2.05) is 99.8 Å². The fourth-order valence-electron chi connectivity index (χ4n) is 4.75. The van der Waals surface area contributed by atoms with E-state index in [0.717, 1.165) is 16.8 Å². The van der Waals surface area contributed by atoms with Crippen LogP contribution in [0.4, 0.5) is 0 Å². The lowest BCUT2D eigenvalue weighted by molar-refractivity contribution is -0.139. The summed E-state index contributed by atoms with van der Waals surface area (Å²) in [5.74, 6) is -0.607. The van der Waals surface area contributed by atoms with E-state index in [2.05, 4.69) is 5.32 Å². The fraction of sp³-hybridized carbons (Fsp3) is 0.219. The average Bonchev–Trinajstić information content (AvgIpc) is 3.37. The van der Waals surface area contributed by atoms with Gasteiger partial charge in [0, 0.05) is 36.0 Å². The average molecular weight is 521 g/mol. The normalized spacial score (nSPS) is 17.6. The van der Waals surface area contributed by atoms with Crippen LogP contribution < -0.4 is 5.32 Å². The Balaban J connectivity index is 1.59. The van der Waals surface area contributed by atoms with Gasteiger partial charge >= 0.3 is 0 Å². The summed E-state index contributed by atoms with van der Waals surface area (Å²) >= 11 is 0. The maximum Gasteiger partial charge on any atom is 0.270 e. The Hall–Kier alpha value is -4.49. The number of hydrogen-bond acceptors (Lipinski definition) is 4. The highest BCUT2D eigenvalue weighted by Gasteiger charge is 2.29. The lowest BCUT2D eigenvalue weighted by Crippen LogP contribution is -2.50. The van der Waals surface area contributed by atoms with Crippen LogP contribution in [-0.2, 0) is 9.53 Å². The number of benzene rings is 3. The minimum atomic E-state index is -0.347. The molecule has 5 rings (SSSR count). The van der Waals surface area contributed by atoms with Crippen LogP contribution >= 0.6 is 0 Å². The minimum Gasteiger partial charge on any atom is -0.372 e. The van der Waals surface area contributed by atoms with Crippen LogP contribution in [0.5, 0.6) is 0 Å². The highest BCUT2D eigenvalue weighted by atomic mass is 16.5. The van der Waals surface area contributed by atoms with Gasteiger partial charge in [-0.2, -0.15) is 5.10 Å². The summed E-state index contributed by atoms with van der Waals surface area (Å²) < 4.78 is 7.63. The number of aromatic nitrogens is 2. The second-order valence-corrected chi connectivity index (χ2v) is 9.92. The zero-order chi connectivity index (χ0) is 27.4. The number of nitrogens with one attached hydrogen (secondary N) is 1. The molecule has 0 saturated carbocycles. The number of carbonyl (C=O) groups is 2. The van der Waals surface area contributed by atoms with E-state index >= 15 is 0 Å². The molecule has 3 aromatic carbocycles. The molecule has 2 amide bonds. The molecule has 1 saturated heterocycles. The van der Waals surface area contributed by atoms with Crippen LogP contribution in [0.3, 0.4) is 0 Å². The molecule has 1 fully saturated rings. The number of nitrogens with zero attached hydrogens (tertiary/aromatic N) is 3. The number of para-hydroxylation sites is 1. The van der Waals surface area contributed by atoms with Crippen LogP contribution in [0.2, 0.25) is 0 Å². The quantitative estimate of drug-likeness (QED) is 0.352. The Morgan fingerprint density at radius 2 is 1.51 bits per heavy atom. The monoisotopic (exact) mass is 520 g/mol. The second kappa shape index (κ2) is 11.5. The highest BCUT2D eigenvalue weighted by molar-refractivity contribution is 6.05. The Labute approximate surface area is 228 Å². The summed E-state index contributed by atoms with van der Waals surface area (Å²) in [5.41, 5.74) is 4.93. The molecule has 2 heterocycles. The number of amides is 2. The van der Waals surface area contributed by atoms with Crippen molar-refractivity contribution >= 4 is 17.9 Å². The Kier molecular flexibility index (Phi) is 7.70. The fourth-order valence-corrected chi connectivity index (χ4v) is 4.75. The molecule has 7 nitrogen and oxygen atoms in total. The van der Waals surface area contributed by atoms with Gasteiger partial charge in [0.2, 0.25) is 0 Å². The first kappa shape index (κ1) is 26.1. The van der Waals surface area contributed by atoms with E-state index in [0.29, 0.717) is 29.9 Å². The number of aryl methyl sites for hydroxylation is 1. The molecular weight excluding hydrogens is 488 g/mol. The van der Waals surface area contributed by atoms with Gasteiger partial charge in [-0.25, -0.2) is 4.68 Å². The number of hydrogen-bond donors (Lipinski definition) is 1. The van der Waals surface area contributed by atoms with E-state index in [-0.39, 0.29) is 29.7 Å². The zero-order valence-electron chi connectivity index (χ0n) is 22.4. The number of carbonyl (C=O) groups excluding carboxylic acids is 2. The predicted octanol–water partition coefficient (Wildman–Crippen LogP) is 5.25. The van der Waals surface area contributed by atoms with Crippen LogP contribution in [0.15, 0.2) is 96.8 Å². The molecule has 1 aliphatic rings. The van der Waals surface area contributed by atoms with Gasteiger partial charge in [0.1, 0.15) is 11.4 Å². The Morgan fingerprint density at radius 3 is 2.15 bits per heavy atom. The van der Waals surface area contributed by atoms with Gasteiger partial charge in [-0.05, 0) is 51.1 Å². The maximum atomic E-state index is 13.9. The number of ether oxygens (including phenoxy) is 1. The van der Waals surface area contributed by atoms with Gasteiger partial charge in [-0.15, -0.1) is 0 Å². The lowest BCUT2D eigenvalue weighted by Gasteiger charge is -2.35. The van der Waals surface area contributed by atoms with E-state index in [1.165, 1.54) is 0 Å². The van der Waals surface area contributed by atoms with Crippen molar-refractivity contribution in [3.8, 4) is 16.9 Å². The molecule has 0 bridgehead atoms. The third-order valence-electron chi connectivity index (χ3n) is 6.61. The van der Waals surface area contributed by atoms with Crippen LogP contribution in [0, 0.1) is 6.92 Å². The highest BCUT2D eigenvalue weighted by Crippen LogP contribution is 2.26. The predicted molar refractivity (Wildman–Crippen MR) is 152 cm³/mol. The number of rotatable bonds is 6. The van der Waals surface area contributed by atoms with Crippen LogP contribution in [-0.4, -0.2) is 51.8 Å². The molecule has 198 valence electrons. The van der Waals surface area contributed by atoms with Gasteiger partial charge in [-0.3, -0.25) is 9.59 Å². The molecule has 7 heteroatoms. The topological polar surface area (TPSA) is 76.5 Å². The molecule has 1 aliphatic heterocycles. The van der Waals surface area contributed by atoms with Crippen molar-refractivity contribution in [1.29, 1.82) is 0 Å². The molecule has 2 atom stereocenters. The smallest absolute Gasteiger partial charge is 0.270 e. The molecule has 0 unspecified atom stereocenters.